The highest BCUT2D eigenvalue weighted by atomic mass is 16.2. The van der Waals surface area contributed by atoms with Crippen LogP contribution < -0.4 is 5.32 Å². The van der Waals surface area contributed by atoms with Gasteiger partial charge in [0.25, 0.3) is 0 Å². The Bertz CT molecular complexity index is 237. The van der Waals surface area contributed by atoms with Crippen LogP contribution in [0.5, 0.6) is 0 Å². The molecule has 16 heavy (non-hydrogen) atoms. The van der Waals surface area contributed by atoms with E-state index in [0.717, 1.165) is 0 Å². The Morgan fingerprint density at radius 2 is 1.69 bits per heavy atom. The highest BCUT2D eigenvalue weighted by Crippen LogP contribution is 1.94. The molecule has 0 radical (unpaired) electrons. The van der Waals surface area contributed by atoms with Gasteiger partial charge in [0.15, 0.2) is 0 Å². The number of nitrogens with zero attached hydrogens (tertiary/aromatic N) is 2. The summed E-state index contributed by atoms with van der Waals surface area (Å²) in [7, 11) is 3.39. The summed E-state index contributed by atoms with van der Waals surface area (Å²) in [6.45, 7) is 7.26. The van der Waals surface area contributed by atoms with Crippen molar-refractivity contribution in [1.82, 2.24) is 15.1 Å². The van der Waals surface area contributed by atoms with Gasteiger partial charge in [-0.15, -0.1) is 0 Å². The van der Waals surface area contributed by atoms with Gasteiger partial charge in [0, 0.05) is 27.2 Å². The number of carbonyl (C=O) groups excluding carboxylic acids is 2. The van der Waals surface area contributed by atoms with Crippen LogP contribution in [0.25, 0.3) is 0 Å². The predicted molar refractivity (Wildman–Crippen MR) is 64.1 cm³/mol. The molecule has 0 aromatic rings. The maximum absolute atomic E-state index is 11.8. The molecule has 0 saturated carbocycles. The molecule has 0 aliphatic rings. The molecule has 0 aromatic heterocycles. The van der Waals surface area contributed by atoms with Gasteiger partial charge in [0.05, 0.1) is 12.6 Å². The Balaban J connectivity index is 4.10. The molecule has 94 valence electrons. The van der Waals surface area contributed by atoms with Crippen LogP contribution in [-0.4, -0.2) is 61.4 Å². The third-order valence-corrected chi connectivity index (χ3v) is 2.50. The second-order valence-corrected chi connectivity index (χ2v) is 3.90. The average molecular weight is 229 g/mol. The molecule has 0 aliphatic carbocycles. The van der Waals surface area contributed by atoms with Crippen molar-refractivity contribution >= 4 is 11.8 Å². The molecular formula is C11H23N3O2. The Morgan fingerprint density at radius 1 is 1.19 bits per heavy atom. The molecule has 0 spiro atoms. The van der Waals surface area contributed by atoms with E-state index in [4.69, 9.17) is 0 Å². The Morgan fingerprint density at radius 3 is 2.06 bits per heavy atom. The number of nitrogens with one attached hydrogen (secondary N) is 1. The molecule has 1 atom stereocenters. The largest absolute Gasteiger partial charge is 0.348 e. The summed E-state index contributed by atoms with van der Waals surface area (Å²) < 4.78 is 0. The lowest BCUT2D eigenvalue weighted by atomic mass is 10.2. The number of rotatable bonds is 6. The summed E-state index contributed by atoms with van der Waals surface area (Å²) in [6, 6.07) is -0.316. The Labute approximate surface area is 97.8 Å². The minimum atomic E-state index is -0.316. The smallest absolute Gasteiger partial charge is 0.239 e. The van der Waals surface area contributed by atoms with Crippen molar-refractivity contribution in [1.29, 1.82) is 0 Å². The summed E-state index contributed by atoms with van der Waals surface area (Å²) >= 11 is 0. The molecule has 0 saturated heterocycles. The van der Waals surface area contributed by atoms with Crippen LogP contribution in [0.3, 0.4) is 0 Å². The SMILES string of the molecule is CCN(CC)C(=O)C(C)NCC(=O)N(C)C. The second-order valence-electron chi connectivity index (χ2n) is 3.90. The van der Waals surface area contributed by atoms with Gasteiger partial charge < -0.3 is 9.80 Å². The van der Waals surface area contributed by atoms with Gasteiger partial charge in [-0.05, 0) is 20.8 Å². The summed E-state index contributed by atoms with van der Waals surface area (Å²) in [5, 5.41) is 2.93. The van der Waals surface area contributed by atoms with Crippen LogP contribution in [0, 0.1) is 0 Å². The molecule has 1 N–H and O–H groups in total. The van der Waals surface area contributed by atoms with Crippen LogP contribution in [0.2, 0.25) is 0 Å². The third kappa shape index (κ3) is 4.61. The maximum atomic E-state index is 11.8. The zero-order valence-corrected chi connectivity index (χ0v) is 10.9. The number of carbonyl (C=O) groups is 2. The first-order chi connectivity index (χ1) is 7.43. The first-order valence-corrected chi connectivity index (χ1v) is 5.66. The molecule has 0 aliphatic heterocycles. The molecule has 0 bridgehead atoms. The lowest BCUT2D eigenvalue weighted by Gasteiger charge is -2.23. The predicted octanol–water partition coefficient (Wildman–Crippen LogP) is -0.0789. The van der Waals surface area contributed by atoms with Gasteiger partial charge in [-0.25, -0.2) is 0 Å². The number of hydrogen-bond acceptors (Lipinski definition) is 3. The van der Waals surface area contributed by atoms with Gasteiger partial charge in [-0.1, -0.05) is 0 Å². The topological polar surface area (TPSA) is 52.7 Å². The quantitative estimate of drug-likeness (QED) is 0.693. The van der Waals surface area contributed by atoms with Crippen LogP contribution >= 0.6 is 0 Å². The van der Waals surface area contributed by atoms with Gasteiger partial charge in [0.1, 0.15) is 0 Å². The van der Waals surface area contributed by atoms with E-state index in [0.29, 0.717) is 13.1 Å². The van der Waals surface area contributed by atoms with Crippen molar-refractivity contribution in [3.63, 3.8) is 0 Å². The van der Waals surface area contributed by atoms with Crippen molar-refractivity contribution in [3.05, 3.63) is 0 Å². The van der Waals surface area contributed by atoms with Crippen molar-refractivity contribution in [3.8, 4) is 0 Å². The van der Waals surface area contributed by atoms with Crippen molar-refractivity contribution in [2.45, 2.75) is 26.8 Å². The van der Waals surface area contributed by atoms with E-state index in [-0.39, 0.29) is 24.4 Å². The fourth-order valence-corrected chi connectivity index (χ4v) is 1.29. The summed E-state index contributed by atoms with van der Waals surface area (Å²) in [5.74, 6) is 0.00996. The summed E-state index contributed by atoms with van der Waals surface area (Å²) in [5.41, 5.74) is 0. The number of hydrogen-bond donors (Lipinski definition) is 1. The van der Waals surface area contributed by atoms with E-state index in [1.54, 1.807) is 25.9 Å². The van der Waals surface area contributed by atoms with E-state index in [2.05, 4.69) is 5.32 Å². The highest BCUT2D eigenvalue weighted by molar-refractivity contribution is 5.83. The van der Waals surface area contributed by atoms with Gasteiger partial charge in [0.2, 0.25) is 11.8 Å². The molecule has 5 heteroatoms. The molecule has 5 nitrogen and oxygen atoms in total. The number of amides is 2. The summed E-state index contributed by atoms with van der Waals surface area (Å²) in [4.78, 5) is 26.4. The molecule has 0 heterocycles. The van der Waals surface area contributed by atoms with Gasteiger partial charge in [-0.2, -0.15) is 0 Å². The first-order valence-electron chi connectivity index (χ1n) is 5.66. The van der Waals surface area contributed by atoms with Gasteiger partial charge >= 0.3 is 0 Å². The highest BCUT2D eigenvalue weighted by Gasteiger charge is 2.18. The van der Waals surface area contributed by atoms with Crippen LogP contribution in [0.4, 0.5) is 0 Å². The van der Waals surface area contributed by atoms with E-state index >= 15 is 0 Å². The van der Waals surface area contributed by atoms with Crippen LogP contribution in [0.1, 0.15) is 20.8 Å². The minimum absolute atomic E-state index is 0.0285. The molecule has 2 amide bonds. The fourth-order valence-electron chi connectivity index (χ4n) is 1.29. The van der Waals surface area contributed by atoms with Crippen molar-refractivity contribution < 1.29 is 9.59 Å². The summed E-state index contributed by atoms with van der Waals surface area (Å²) in [6.07, 6.45) is 0. The average Bonchev–Trinajstić information content (AvgIpc) is 2.26. The monoisotopic (exact) mass is 229 g/mol. The molecular weight excluding hydrogens is 206 g/mol. The Kier molecular flexibility index (Phi) is 6.72. The van der Waals surface area contributed by atoms with E-state index in [9.17, 15) is 9.59 Å². The maximum Gasteiger partial charge on any atom is 0.239 e. The first kappa shape index (κ1) is 14.9. The number of likely N-dealkylation sites (N-methyl/N-ethyl adjacent to an activating group) is 2. The van der Waals surface area contributed by atoms with Crippen LogP contribution in [0.15, 0.2) is 0 Å². The zero-order valence-electron chi connectivity index (χ0n) is 10.9. The zero-order chi connectivity index (χ0) is 12.7. The molecule has 0 aromatic carbocycles. The van der Waals surface area contributed by atoms with Gasteiger partial charge in [-0.3, -0.25) is 14.9 Å². The lowest BCUT2D eigenvalue weighted by Crippen LogP contribution is -2.47. The van der Waals surface area contributed by atoms with E-state index in [1.807, 2.05) is 13.8 Å². The Hall–Kier alpha value is -1.10. The lowest BCUT2D eigenvalue weighted by molar-refractivity contribution is -0.133. The third-order valence-electron chi connectivity index (χ3n) is 2.50. The van der Waals surface area contributed by atoms with Crippen LogP contribution in [-0.2, 0) is 9.59 Å². The fraction of sp³-hybridized carbons (Fsp3) is 0.818. The van der Waals surface area contributed by atoms with E-state index < -0.39 is 0 Å². The molecule has 0 fully saturated rings. The van der Waals surface area contributed by atoms with Crippen molar-refractivity contribution in [2.24, 2.45) is 0 Å². The standard InChI is InChI=1S/C11H23N3O2/c1-6-14(7-2)11(16)9(3)12-8-10(15)13(4)5/h9,12H,6-8H2,1-5H3. The molecule has 1 unspecified atom stereocenters. The van der Waals surface area contributed by atoms with Crippen molar-refractivity contribution in [2.75, 3.05) is 33.7 Å². The van der Waals surface area contributed by atoms with E-state index in [1.165, 1.54) is 4.90 Å². The second kappa shape index (κ2) is 7.22. The molecule has 0 rings (SSSR count). The minimum Gasteiger partial charge on any atom is -0.348 e. The normalized spacial score (nSPS) is 12.1.